The van der Waals surface area contributed by atoms with Crippen LogP contribution in [0.4, 0.5) is 5.69 Å². The Morgan fingerprint density at radius 2 is 2.12 bits per heavy atom. The van der Waals surface area contributed by atoms with Crippen LogP contribution in [-0.4, -0.2) is 82.1 Å². The Kier molecular flexibility index (Phi) is 7.43. The van der Waals surface area contributed by atoms with Gasteiger partial charge in [0.2, 0.25) is 0 Å². The van der Waals surface area contributed by atoms with Crippen molar-refractivity contribution in [1.82, 2.24) is 19.8 Å². The molecule has 0 unspecified atom stereocenters. The molecule has 2 aliphatic rings. The van der Waals surface area contributed by atoms with Gasteiger partial charge in [0.1, 0.15) is 11.8 Å². The van der Waals surface area contributed by atoms with Crippen molar-refractivity contribution in [2.75, 3.05) is 38.6 Å². The van der Waals surface area contributed by atoms with Crippen LogP contribution in [0, 0.1) is 11.8 Å². The van der Waals surface area contributed by atoms with Crippen LogP contribution in [0.15, 0.2) is 36.8 Å². The van der Waals surface area contributed by atoms with Crippen molar-refractivity contribution in [2.45, 2.75) is 38.8 Å². The summed E-state index contributed by atoms with van der Waals surface area (Å²) in [5.41, 5.74) is 0.933. The monoisotopic (exact) mass is 467 g/mol. The number of ether oxygens (including phenoxy) is 1. The van der Waals surface area contributed by atoms with Gasteiger partial charge in [0.15, 0.2) is 5.75 Å². The Morgan fingerprint density at radius 1 is 1.32 bits per heavy atom. The minimum absolute atomic E-state index is 0.0106. The summed E-state index contributed by atoms with van der Waals surface area (Å²) in [5, 5.41) is 12.7. The largest absolute Gasteiger partial charge is 0.486 e. The van der Waals surface area contributed by atoms with E-state index in [-0.39, 0.29) is 36.3 Å². The summed E-state index contributed by atoms with van der Waals surface area (Å²) in [6, 6.07) is 4.79. The molecule has 0 bridgehead atoms. The molecule has 2 aromatic rings. The quantitative estimate of drug-likeness (QED) is 0.613. The highest BCUT2D eigenvalue weighted by molar-refractivity contribution is 6.06. The molecule has 2 amide bonds. The first-order valence-corrected chi connectivity index (χ1v) is 11.8. The van der Waals surface area contributed by atoms with E-state index in [4.69, 9.17) is 4.74 Å². The standard InChI is InChI=1S/C25H33N5O4/c1-16-12-30(17(2)15-31)25(33)19-5-4-6-20(28-24(32)21-11-26-9-10-27-21)23(19)34-22(16)14-29(3)13-18-7-8-18/h4-6,9-11,16-18,22,31H,7-8,12-15H2,1-3H3,(H,28,32)/t16-,17-,22-/m1/s1. The number of carbonyl (C=O) groups excluding carboxylic acids is 2. The van der Waals surface area contributed by atoms with Gasteiger partial charge in [0.25, 0.3) is 11.8 Å². The molecule has 0 radical (unpaired) electrons. The Morgan fingerprint density at radius 3 is 2.79 bits per heavy atom. The molecule has 3 atom stereocenters. The number of aliphatic hydroxyl groups is 1. The number of fused-ring (bicyclic) bond motifs is 1. The Labute approximate surface area is 200 Å². The van der Waals surface area contributed by atoms with Crippen LogP contribution in [-0.2, 0) is 0 Å². The van der Waals surface area contributed by atoms with Crippen molar-refractivity contribution in [3.05, 3.63) is 48.0 Å². The molecule has 1 aromatic carbocycles. The van der Waals surface area contributed by atoms with E-state index >= 15 is 0 Å². The number of nitrogens with zero attached hydrogens (tertiary/aromatic N) is 4. The van der Waals surface area contributed by atoms with Crippen LogP contribution in [0.2, 0.25) is 0 Å². The molecule has 2 N–H and O–H groups in total. The van der Waals surface area contributed by atoms with Gasteiger partial charge < -0.3 is 25.0 Å². The van der Waals surface area contributed by atoms with Gasteiger partial charge in [-0.2, -0.15) is 0 Å². The van der Waals surface area contributed by atoms with Crippen molar-refractivity contribution in [1.29, 1.82) is 0 Å². The van der Waals surface area contributed by atoms with Crippen LogP contribution in [0.1, 0.15) is 47.5 Å². The predicted molar refractivity (Wildman–Crippen MR) is 128 cm³/mol. The summed E-state index contributed by atoms with van der Waals surface area (Å²) < 4.78 is 6.52. The van der Waals surface area contributed by atoms with E-state index in [1.807, 2.05) is 6.92 Å². The van der Waals surface area contributed by atoms with Crippen LogP contribution in [0.3, 0.4) is 0 Å². The second-order valence-corrected chi connectivity index (χ2v) is 9.51. The van der Waals surface area contributed by atoms with Gasteiger partial charge in [-0.3, -0.25) is 14.6 Å². The molecule has 1 saturated carbocycles. The lowest BCUT2D eigenvalue weighted by Crippen LogP contribution is -2.50. The summed E-state index contributed by atoms with van der Waals surface area (Å²) in [4.78, 5) is 38.3. The molecule has 9 nitrogen and oxygen atoms in total. The number of hydrogen-bond donors (Lipinski definition) is 2. The summed E-state index contributed by atoms with van der Waals surface area (Å²) >= 11 is 0. The highest BCUT2D eigenvalue weighted by Gasteiger charge is 2.35. The summed E-state index contributed by atoms with van der Waals surface area (Å²) in [6.45, 7) is 5.94. The normalized spacial score (nSPS) is 21.3. The molecule has 2 heterocycles. The van der Waals surface area contributed by atoms with Gasteiger partial charge >= 0.3 is 0 Å². The van der Waals surface area contributed by atoms with E-state index in [1.54, 1.807) is 23.1 Å². The number of nitrogens with one attached hydrogen (secondary N) is 1. The number of hydrogen-bond acceptors (Lipinski definition) is 7. The van der Waals surface area contributed by atoms with Crippen molar-refractivity contribution < 1.29 is 19.4 Å². The summed E-state index contributed by atoms with van der Waals surface area (Å²) in [7, 11) is 2.09. The van der Waals surface area contributed by atoms with E-state index in [0.29, 0.717) is 30.1 Å². The van der Waals surface area contributed by atoms with E-state index in [2.05, 4.69) is 34.2 Å². The average molecular weight is 468 g/mol. The van der Waals surface area contributed by atoms with Gasteiger partial charge in [-0.25, -0.2) is 4.98 Å². The maximum absolute atomic E-state index is 13.5. The van der Waals surface area contributed by atoms with Gasteiger partial charge in [-0.15, -0.1) is 0 Å². The van der Waals surface area contributed by atoms with Crippen molar-refractivity contribution in [3.63, 3.8) is 0 Å². The van der Waals surface area contributed by atoms with Crippen LogP contribution in [0.5, 0.6) is 5.75 Å². The molecule has 4 rings (SSSR count). The fourth-order valence-electron chi connectivity index (χ4n) is 4.29. The number of amides is 2. The molecular formula is C25H33N5O4. The van der Waals surface area contributed by atoms with Crippen LogP contribution >= 0.6 is 0 Å². The Bertz CT molecular complexity index is 1010. The summed E-state index contributed by atoms with van der Waals surface area (Å²) in [6.07, 6.45) is 6.66. The van der Waals surface area contributed by atoms with Crippen molar-refractivity contribution in [3.8, 4) is 5.75 Å². The van der Waals surface area contributed by atoms with E-state index in [0.717, 1.165) is 12.5 Å². The van der Waals surface area contributed by atoms with E-state index in [9.17, 15) is 14.7 Å². The molecule has 0 spiro atoms. The van der Waals surface area contributed by atoms with Crippen LogP contribution in [0.25, 0.3) is 0 Å². The number of aromatic nitrogens is 2. The second kappa shape index (κ2) is 10.5. The lowest BCUT2D eigenvalue weighted by atomic mass is 9.99. The zero-order valence-corrected chi connectivity index (χ0v) is 20.0. The fourth-order valence-corrected chi connectivity index (χ4v) is 4.29. The number of anilines is 1. The third kappa shape index (κ3) is 5.53. The molecule has 34 heavy (non-hydrogen) atoms. The number of para-hydroxylation sites is 1. The molecule has 0 saturated heterocycles. The molecule has 1 aromatic heterocycles. The van der Waals surface area contributed by atoms with E-state index in [1.165, 1.54) is 31.4 Å². The van der Waals surface area contributed by atoms with Crippen molar-refractivity contribution >= 4 is 17.5 Å². The number of carbonyl (C=O) groups is 2. The SMILES string of the molecule is C[C@@H]1CN([C@H](C)CO)C(=O)c2cccc(NC(=O)c3cnccn3)c2O[C@@H]1CN(C)CC1CC1. The smallest absolute Gasteiger partial charge is 0.275 e. The Balaban J connectivity index is 1.68. The van der Waals surface area contributed by atoms with Gasteiger partial charge in [-0.05, 0) is 44.9 Å². The minimum Gasteiger partial charge on any atom is -0.486 e. The van der Waals surface area contributed by atoms with Crippen LogP contribution < -0.4 is 10.1 Å². The van der Waals surface area contributed by atoms with Gasteiger partial charge in [0, 0.05) is 37.9 Å². The molecule has 1 aliphatic carbocycles. The van der Waals surface area contributed by atoms with E-state index < -0.39 is 5.91 Å². The highest BCUT2D eigenvalue weighted by Crippen LogP contribution is 2.35. The van der Waals surface area contributed by atoms with Crippen molar-refractivity contribution in [2.24, 2.45) is 11.8 Å². The lowest BCUT2D eigenvalue weighted by molar-refractivity contribution is 0.0345. The average Bonchev–Trinajstić information content (AvgIpc) is 3.65. The first kappa shape index (κ1) is 24.1. The molecule has 1 fully saturated rings. The van der Waals surface area contributed by atoms with Gasteiger partial charge in [-0.1, -0.05) is 13.0 Å². The fraction of sp³-hybridized carbons (Fsp3) is 0.520. The Hall–Kier alpha value is -3.04. The third-order valence-corrected chi connectivity index (χ3v) is 6.49. The lowest BCUT2D eigenvalue weighted by Gasteiger charge is -2.38. The zero-order chi connectivity index (χ0) is 24.2. The molecule has 1 aliphatic heterocycles. The topological polar surface area (TPSA) is 108 Å². The number of rotatable bonds is 8. The minimum atomic E-state index is -0.435. The maximum Gasteiger partial charge on any atom is 0.275 e. The first-order valence-electron chi connectivity index (χ1n) is 11.8. The molecule has 9 heteroatoms. The summed E-state index contributed by atoms with van der Waals surface area (Å²) in [5.74, 6) is 0.433. The number of benzene rings is 1. The number of likely N-dealkylation sites (N-methyl/N-ethyl adjacent to an activating group) is 1. The first-order chi connectivity index (χ1) is 16.4. The van der Waals surface area contributed by atoms with Gasteiger partial charge in [0.05, 0.1) is 30.1 Å². The molecular weight excluding hydrogens is 434 g/mol. The third-order valence-electron chi connectivity index (χ3n) is 6.49. The maximum atomic E-state index is 13.5. The number of aliphatic hydroxyl groups excluding tert-OH is 1. The predicted octanol–water partition coefficient (Wildman–Crippen LogP) is 2.29. The second-order valence-electron chi connectivity index (χ2n) is 9.51. The zero-order valence-electron chi connectivity index (χ0n) is 20.0. The highest BCUT2D eigenvalue weighted by atomic mass is 16.5. The molecule has 182 valence electrons.